The predicted molar refractivity (Wildman–Crippen MR) is 89.6 cm³/mol. The third kappa shape index (κ3) is 5.68. The molecule has 0 saturated heterocycles. The van der Waals surface area contributed by atoms with Crippen LogP contribution >= 0.6 is 11.8 Å². The predicted octanol–water partition coefficient (Wildman–Crippen LogP) is 4.51. The number of aliphatic imine (C=N–C) groups is 1. The van der Waals surface area contributed by atoms with E-state index in [4.69, 9.17) is 0 Å². The largest absolute Gasteiger partial charge is 0.417 e. The first kappa shape index (κ1) is 20.1. The molecule has 142 valence electrons. The van der Waals surface area contributed by atoms with E-state index < -0.39 is 23.7 Å². The molecular formula is C15H14F6N4S. The monoisotopic (exact) mass is 396 g/mol. The fourth-order valence-corrected chi connectivity index (χ4v) is 2.73. The van der Waals surface area contributed by atoms with Crippen molar-refractivity contribution in [2.45, 2.75) is 12.4 Å². The van der Waals surface area contributed by atoms with Crippen LogP contribution < -0.4 is 10.6 Å². The van der Waals surface area contributed by atoms with Gasteiger partial charge in [-0.3, -0.25) is 4.99 Å². The average molecular weight is 396 g/mol. The molecule has 11 heteroatoms. The first-order valence-electron chi connectivity index (χ1n) is 7.23. The summed E-state index contributed by atoms with van der Waals surface area (Å²) in [6.07, 6.45) is -3.99. The molecule has 0 radical (unpaired) electrons. The fraction of sp³-hybridized carbons (Fsp3) is 0.333. The Labute approximate surface area is 149 Å². The molecule has 1 aliphatic heterocycles. The summed E-state index contributed by atoms with van der Waals surface area (Å²) in [7, 11) is 1.48. The Kier molecular flexibility index (Phi) is 6.21. The Morgan fingerprint density at radius 1 is 1.31 bits per heavy atom. The van der Waals surface area contributed by atoms with Crippen molar-refractivity contribution < 1.29 is 26.3 Å². The van der Waals surface area contributed by atoms with Crippen molar-refractivity contribution in [1.82, 2.24) is 10.3 Å². The van der Waals surface area contributed by atoms with E-state index in [-0.39, 0.29) is 11.5 Å². The molecule has 0 fully saturated rings. The van der Waals surface area contributed by atoms with Gasteiger partial charge in [-0.1, -0.05) is 6.08 Å². The lowest BCUT2D eigenvalue weighted by molar-refractivity contribution is -0.137. The maximum Gasteiger partial charge on any atom is 0.417 e. The second kappa shape index (κ2) is 8.02. The minimum absolute atomic E-state index is 0.0677. The number of rotatable bonds is 5. The number of nitrogens with one attached hydrogen (secondary N) is 2. The molecule has 26 heavy (non-hydrogen) atoms. The number of aromatic nitrogens is 1. The molecule has 4 nitrogen and oxygen atoms in total. The van der Waals surface area contributed by atoms with Gasteiger partial charge in [-0.05, 0) is 6.07 Å². The van der Waals surface area contributed by atoms with Crippen molar-refractivity contribution in [2.24, 2.45) is 4.99 Å². The Bertz CT molecular complexity index is 737. The maximum absolute atomic E-state index is 12.8. The van der Waals surface area contributed by atoms with Crippen LogP contribution in [0, 0.1) is 0 Å². The summed E-state index contributed by atoms with van der Waals surface area (Å²) in [5.74, 6) is -0.962. The minimum atomic E-state index is -4.58. The van der Waals surface area contributed by atoms with E-state index in [9.17, 15) is 26.3 Å². The van der Waals surface area contributed by atoms with E-state index in [0.29, 0.717) is 35.0 Å². The van der Waals surface area contributed by atoms with Gasteiger partial charge in [0.05, 0.1) is 11.3 Å². The van der Waals surface area contributed by atoms with Gasteiger partial charge >= 0.3 is 12.4 Å². The van der Waals surface area contributed by atoms with Crippen LogP contribution in [0.5, 0.6) is 0 Å². The summed E-state index contributed by atoms with van der Waals surface area (Å²) in [4.78, 5) is 7.95. The molecule has 0 amide bonds. The molecule has 0 spiro atoms. The van der Waals surface area contributed by atoms with Gasteiger partial charge in [0, 0.05) is 42.7 Å². The van der Waals surface area contributed by atoms with Gasteiger partial charge in [0.1, 0.15) is 5.69 Å². The van der Waals surface area contributed by atoms with Crippen LogP contribution in [0.4, 0.5) is 37.8 Å². The van der Waals surface area contributed by atoms with Crippen molar-refractivity contribution in [3.05, 3.63) is 40.6 Å². The summed E-state index contributed by atoms with van der Waals surface area (Å²) in [5.41, 5.74) is -0.649. The van der Waals surface area contributed by atoms with Gasteiger partial charge in [-0.2, -0.15) is 26.3 Å². The number of nitrogens with zero attached hydrogens (tertiary/aromatic N) is 2. The molecule has 1 aromatic heterocycles. The van der Waals surface area contributed by atoms with E-state index in [0.717, 1.165) is 6.07 Å². The molecule has 0 aliphatic carbocycles. The number of alkyl halides is 6. The second-order valence-corrected chi connectivity index (χ2v) is 6.10. The van der Waals surface area contributed by atoms with Crippen molar-refractivity contribution in [3.63, 3.8) is 0 Å². The Morgan fingerprint density at radius 3 is 2.65 bits per heavy atom. The van der Waals surface area contributed by atoms with E-state index in [2.05, 4.69) is 20.6 Å². The zero-order chi connectivity index (χ0) is 19.4. The van der Waals surface area contributed by atoms with E-state index in [1.54, 1.807) is 6.08 Å². The lowest BCUT2D eigenvalue weighted by Crippen LogP contribution is -2.15. The first-order chi connectivity index (χ1) is 12.1. The Morgan fingerprint density at radius 2 is 2.04 bits per heavy atom. The summed E-state index contributed by atoms with van der Waals surface area (Å²) in [6.45, 7) is 0.372. The average Bonchev–Trinajstić information content (AvgIpc) is 2.57. The van der Waals surface area contributed by atoms with Crippen molar-refractivity contribution in [3.8, 4) is 0 Å². The molecule has 2 heterocycles. The molecule has 0 saturated carbocycles. The number of dihydropyridines is 1. The van der Waals surface area contributed by atoms with Gasteiger partial charge in [0.15, 0.2) is 5.82 Å². The summed E-state index contributed by atoms with van der Waals surface area (Å²) < 4.78 is 75.7. The van der Waals surface area contributed by atoms with Crippen molar-refractivity contribution in [2.75, 3.05) is 24.7 Å². The second-order valence-electron chi connectivity index (χ2n) is 5.08. The maximum atomic E-state index is 12.8. The molecule has 2 rings (SSSR count). The summed E-state index contributed by atoms with van der Waals surface area (Å²) in [5, 5.41) is 5.41. The van der Waals surface area contributed by atoms with Gasteiger partial charge in [0.2, 0.25) is 0 Å². The van der Waals surface area contributed by atoms with Crippen LogP contribution in [0.25, 0.3) is 0 Å². The summed E-state index contributed by atoms with van der Waals surface area (Å²) >= 11 is 0.568. The smallest absolute Gasteiger partial charge is 0.386 e. The normalized spacial score (nSPS) is 15.5. The number of thioether (sulfide) groups is 1. The first-order valence-corrected chi connectivity index (χ1v) is 8.21. The molecular weight excluding hydrogens is 382 g/mol. The van der Waals surface area contributed by atoms with E-state index >= 15 is 0 Å². The lowest BCUT2D eigenvalue weighted by Gasteiger charge is -2.15. The van der Waals surface area contributed by atoms with E-state index in [1.807, 2.05) is 0 Å². The molecule has 1 aliphatic rings. The van der Waals surface area contributed by atoms with Gasteiger partial charge in [0.25, 0.3) is 0 Å². The highest BCUT2D eigenvalue weighted by atomic mass is 32.2. The number of hydrogen-bond acceptors (Lipinski definition) is 5. The van der Waals surface area contributed by atoms with E-state index in [1.165, 1.54) is 19.5 Å². The number of allylic oxidation sites excluding steroid dienone is 1. The van der Waals surface area contributed by atoms with Crippen LogP contribution in [-0.2, 0) is 6.18 Å². The molecule has 0 aromatic carbocycles. The quantitative estimate of drug-likeness (QED) is 0.568. The highest BCUT2D eigenvalue weighted by Crippen LogP contribution is 2.34. The summed E-state index contributed by atoms with van der Waals surface area (Å²) in [6, 6.07) is 0.823. The highest BCUT2D eigenvalue weighted by molar-refractivity contribution is 8.03. The molecule has 1 aromatic rings. The van der Waals surface area contributed by atoms with Crippen LogP contribution in [0.2, 0.25) is 0 Å². The van der Waals surface area contributed by atoms with Gasteiger partial charge < -0.3 is 10.6 Å². The van der Waals surface area contributed by atoms with Gasteiger partial charge in [-0.15, -0.1) is 11.8 Å². The SMILES string of the molecule is CNc1ncc(C(F)(F)F)cc1N=CC1=CCNC=C1SCC(F)(F)F. The zero-order valence-corrected chi connectivity index (χ0v) is 14.2. The molecule has 0 unspecified atom stereocenters. The molecule has 0 atom stereocenters. The number of halogens is 6. The Balaban J connectivity index is 2.24. The Hall–Kier alpha value is -2.17. The lowest BCUT2D eigenvalue weighted by atomic mass is 10.2. The van der Waals surface area contributed by atoms with Crippen LogP contribution in [0.1, 0.15) is 5.56 Å². The topological polar surface area (TPSA) is 49.3 Å². The highest BCUT2D eigenvalue weighted by Gasteiger charge is 2.32. The number of anilines is 1. The number of pyridine rings is 1. The zero-order valence-electron chi connectivity index (χ0n) is 13.4. The van der Waals surface area contributed by atoms with Crippen LogP contribution in [0.15, 0.2) is 40.0 Å². The van der Waals surface area contributed by atoms with Crippen molar-refractivity contribution >= 4 is 29.5 Å². The van der Waals surface area contributed by atoms with Crippen LogP contribution in [-0.4, -0.2) is 36.7 Å². The van der Waals surface area contributed by atoms with Crippen molar-refractivity contribution in [1.29, 1.82) is 0 Å². The molecule has 0 bridgehead atoms. The standard InChI is InChI=1S/C15H14F6N4S/c1-22-13-11(4-10(6-25-13)15(19,20)21)24-5-9-2-3-23-7-12(9)26-8-14(16,17)18/h2,4-7,23H,3,8H2,1H3,(H,22,25). The van der Waals surface area contributed by atoms with Gasteiger partial charge in [-0.25, -0.2) is 4.98 Å². The minimum Gasteiger partial charge on any atom is -0.386 e. The molecule has 2 N–H and O–H groups in total. The van der Waals surface area contributed by atoms with Crippen LogP contribution in [0.3, 0.4) is 0 Å². The third-order valence-corrected chi connectivity index (χ3v) is 4.26. The third-order valence-electron chi connectivity index (χ3n) is 3.12. The number of hydrogen-bond donors (Lipinski definition) is 2. The fourth-order valence-electron chi connectivity index (χ4n) is 1.94.